The lowest BCUT2D eigenvalue weighted by molar-refractivity contribution is 0.410. The summed E-state index contributed by atoms with van der Waals surface area (Å²) in [6, 6.07) is 8.85. The Morgan fingerprint density at radius 1 is 0.955 bits per heavy atom. The van der Waals surface area contributed by atoms with Crippen molar-refractivity contribution < 1.29 is 30.7 Å². The number of aromatic hydroxyl groups is 1. The summed E-state index contributed by atoms with van der Waals surface area (Å²) < 4.78 is 60.0. The first-order valence-corrected chi connectivity index (χ1v) is 8.77. The van der Waals surface area contributed by atoms with Gasteiger partial charge in [-0.05, 0) is 31.2 Å². The van der Waals surface area contributed by atoms with Crippen molar-refractivity contribution >= 4 is 20.2 Å². The number of hydrogen-bond acceptors (Lipinski definition) is 6. The van der Waals surface area contributed by atoms with Gasteiger partial charge in [-0.15, -0.1) is 0 Å². The number of hydrogen-bond donors (Lipinski definition) is 2. The van der Waals surface area contributed by atoms with Crippen LogP contribution in [0.5, 0.6) is 11.5 Å². The molecular weight excluding hydrogens is 332 g/mol. The van der Waals surface area contributed by atoms with E-state index >= 15 is 0 Å². The van der Waals surface area contributed by atoms with E-state index in [0.29, 0.717) is 0 Å². The summed E-state index contributed by atoms with van der Waals surface area (Å²) in [5, 5.41) is 9.75. The van der Waals surface area contributed by atoms with Crippen LogP contribution in [0.15, 0.2) is 52.3 Å². The van der Waals surface area contributed by atoms with Crippen LogP contribution in [0, 0.1) is 6.92 Å². The van der Waals surface area contributed by atoms with Crippen LogP contribution < -0.4 is 4.18 Å². The summed E-state index contributed by atoms with van der Waals surface area (Å²) in [6.45, 7) is 1.78. The van der Waals surface area contributed by atoms with Gasteiger partial charge in [0.15, 0.2) is 11.5 Å². The van der Waals surface area contributed by atoms with Gasteiger partial charge in [-0.25, -0.2) is 0 Å². The second kappa shape index (κ2) is 5.59. The molecule has 0 atom stereocenters. The summed E-state index contributed by atoms with van der Waals surface area (Å²) in [6.07, 6.45) is 0. The molecule has 0 radical (unpaired) electrons. The molecule has 2 aromatic rings. The highest BCUT2D eigenvalue weighted by molar-refractivity contribution is 7.87. The van der Waals surface area contributed by atoms with E-state index in [1.54, 1.807) is 19.1 Å². The molecule has 0 saturated carbocycles. The maximum Gasteiger partial charge on any atom is 0.339 e. The van der Waals surface area contributed by atoms with Gasteiger partial charge in [0, 0.05) is 0 Å². The molecule has 0 heterocycles. The molecule has 9 heteroatoms. The number of para-hydroxylation sites is 1. The van der Waals surface area contributed by atoms with Gasteiger partial charge in [0.2, 0.25) is 0 Å². The van der Waals surface area contributed by atoms with Gasteiger partial charge in [0.25, 0.3) is 10.1 Å². The Labute approximate surface area is 127 Å². The van der Waals surface area contributed by atoms with Crippen molar-refractivity contribution in [2.75, 3.05) is 0 Å². The Kier molecular flexibility index (Phi) is 4.14. The molecule has 0 aromatic heterocycles. The van der Waals surface area contributed by atoms with Crippen molar-refractivity contribution in [2.45, 2.75) is 16.7 Å². The van der Waals surface area contributed by atoms with Crippen molar-refractivity contribution in [3.05, 3.63) is 48.0 Å². The highest BCUT2D eigenvalue weighted by Crippen LogP contribution is 2.34. The van der Waals surface area contributed by atoms with E-state index < -0.39 is 36.6 Å². The summed E-state index contributed by atoms with van der Waals surface area (Å²) in [4.78, 5) is -1.00. The third kappa shape index (κ3) is 3.38. The lowest BCUT2D eigenvalue weighted by atomic mass is 10.2. The number of phenolic OH excluding ortho intramolecular Hbond substituents is 1. The second-order valence-corrected chi connectivity index (χ2v) is 7.36. The van der Waals surface area contributed by atoms with Crippen LogP contribution in [0.3, 0.4) is 0 Å². The maximum absolute atomic E-state index is 12.1. The minimum Gasteiger partial charge on any atom is -0.503 e. The van der Waals surface area contributed by atoms with Crippen molar-refractivity contribution in [3.63, 3.8) is 0 Å². The zero-order valence-electron chi connectivity index (χ0n) is 11.3. The summed E-state index contributed by atoms with van der Waals surface area (Å²) in [5.74, 6) is -1.59. The molecule has 0 bridgehead atoms. The van der Waals surface area contributed by atoms with Gasteiger partial charge in [-0.2, -0.15) is 16.8 Å². The van der Waals surface area contributed by atoms with E-state index in [4.69, 9.17) is 8.74 Å². The zero-order chi connectivity index (χ0) is 16.5. The average molecular weight is 344 g/mol. The normalized spacial score (nSPS) is 12.1. The lowest BCUT2D eigenvalue weighted by Gasteiger charge is -2.10. The Morgan fingerprint density at radius 2 is 1.55 bits per heavy atom. The van der Waals surface area contributed by atoms with Crippen molar-refractivity contribution in [1.82, 2.24) is 0 Å². The van der Waals surface area contributed by atoms with Crippen LogP contribution >= 0.6 is 0 Å². The number of aryl methyl sites for hydroxylation is 1. The fourth-order valence-electron chi connectivity index (χ4n) is 1.65. The number of phenols is 1. The molecule has 0 aliphatic rings. The van der Waals surface area contributed by atoms with Crippen LogP contribution in [0.4, 0.5) is 0 Å². The van der Waals surface area contributed by atoms with Gasteiger partial charge in [-0.1, -0.05) is 23.8 Å². The van der Waals surface area contributed by atoms with E-state index in [1.165, 1.54) is 12.1 Å². The van der Waals surface area contributed by atoms with Crippen LogP contribution in [0.2, 0.25) is 0 Å². The van der Waals surface area contributed by atoms with Gasteiger partial charge >= 0.3 is 10.1 Å². The van der Waals surface area contributed by atoms with E-state index in [1.807, 2.05) is 0 Å². The molecule has 2 aromatic carbocycles. The molecule has 22 heavy (non-hydrogen) atoms. The minimum atomic E-state index is -4.71. The highest BCUT2D eigenvalue weighted by Gasteiger charge is 2.23. The molecule has 7 nitrogen and oxygen atoms in total. The fraction of sp³-hybridized carbons (Fsp3) is 0.0769. The molecule has 0 unspecified atom stereocenters. The third-order valence-corrected chi connectivity index (χ3v) is 4.88. The van der Waals surface area contributed by atoms with Gasteiger partial charge in [-0.3, -0.25) is 4.55 Å². The first kappa shape index (κ1) is 16.3. The van der Waals surface area contributed by atoms with Crippen molar-refractivity contribution in [3.8, 4) is 11.5 Å². The standard InChI is InChI=1S/C13H12O7S2/c1-9-5-7-10(8-6-9)22(18,19)20-11-3-2-4-12(13(11)14)21(15,16)17/h2-8,14H,1H3,(H,15,16,17). The van der Waals surface area contributed by atoms with E-state index in [0.717, 1.165) is 23.8 Å². The van der Waals surface area contributed by atoms with Crippen LogP contribution in [0.25, 0.3) is 0 Å². The molecule has 0 aliphatic carbocycles. The molecule has 2 rings (SSSR count). The van der Waals surface area contributed by atoms with E-state index in [-0.39, 0.29) is 4.90 Å². The third-order valence-electron chi connectivity index (χ3n) is 2.75. The Hall–Kier alpha value is -2.10. The average Bonchev–Trinajstić information content (AvgIpc) is 2.40. The first-order valence-electron chi connectivity index (χ1n) is 5.92. The molecule has 0 spiro atoms. The fourth-order valence-corrected chi connectivity index (χ4v) is 3.18. The molecule has 0 amide bonds. The summed E-state index contributed by atoms with van der Waals surface area (Å²) in [5.41, 5.74) is 0.843. The summed E-state index contributed by atoms with van der Waals surface area (Å²) >= 11 is 0. The predicted octanol–water partition coefficient (Wildman–Crippen LogP) is 1.72. The highest BCUT2D eigenvalue weighted by atomic mass is 32.2. The van der Waals surface area contributed by atoms with Crippen LogP contribution in [0.1, 0.15) is 5.56 Å². The largest absolute Gasteiger partial charge is 0.503 e. The van der Waals surface area contributed by atoms with Crippen LogP contribution in [-0.2, 0) is 20.2 Å². The number of benzene rings is 2. The molecule has 0 saturated heterocycles. The minimum absolute atomic E-state index is 0.158. The number of rotatable bonds is 4. The van der Waals surface area contributed by atoms with Crippen molar-refractivity contribution in [2.24, 2.45) is 0 Å². The predicted molar refractivity (Wildman–Crippen MR) is 76.9 cm³/mol. The molecule has 0 aliphatic heterocycles. The van der Waals surface area contributed by atoms with Crippen LogP contribution in [-0.4, -0.2) is 26.5 Å². The topological polar surface area (TPSA) is 118 Å². The lowest BCUT2D eigenvalue weighted by Crippen LogP contribution is -2.10. The first-order chi connectivity index (χ1) is 10.1. The van der Waals surface area contributed by atoms with E-state index in [2.05, 4.69) is 0 Å². The maximum atomic E-state index is 12.1. The smallest absolute Gasteiger partial charge is 0.339 e. The molecular formula is C13H12O7S2. The SMILES string of the molecule is Cc1ccc(S(=O)(=O)Oc2cccc(S(=O)(=O)O)c2O)cc1. The Morgan fingerprint density at radius 3 is 2.09 bits per heavy atom. The monoisotopic (exact) mass is 344 g/mol. The second-order valence-electron chi connectivity index (χ2n) is 4.43. The van der Waals surface area contributed by atoms with E-state index in [9.17, 15) is 21.9 Å². The van der Waals surface area contributed by atoms with Gasteiger partial charge < -0.3 is 9.29 Å². The zero-order valence-corrected chi connectivity index (χ0v) is 12.9. The van der Waals surface area contributed by atoms with Gasteiger partial charge in [0.05, 0.1) is 0 Å². The Balaban J connectivity index is 2.45. The quantitative estimate of drug-likeness (QED) is 0.640. The molecule has 0 fully saturated rings. The molecule has 2 N–H and O–H groups in total. The molecule has 118 valence electrons. The van der Waals surface area contributed by atoms with Gasteiger partial charge in [0.1, 0.15) is 9.79 Å². The summed E-state index contributed by atoms with van der Waals surface area (Å²) in [7, 11) is -8.96. The van der Waals surface area contributed by atoms with Crippen molar-refractivity contribution in [1.29, 1.82) is 0 Å². The Bertz CT molecular complexity index is 898.